The van der Waals surface area contributed by atoms with E-state index in [1.807, 2.05) is 0 Å². The van der Waals surface area contributed by atoms with Crippen molar-refractivity contribution in [2.24, 2.45) is 5.92 Å². The topological polar surface area (TPSA) is 29.5 Å². The Morgan fingerprint density at radius 1 is 1.36 bits per heavy atom. The number of hydrogen-bond donors (Lipinski definition) is 1. The Morgan fingerprint density at radius 2 is 2.09 bits per heavy atom. The maximum atomic E-state index is 9.51. The highest BCUT2D eigenvalue weighted by atomic mass is 16.5. The summed E-state index contributed by atoms with van der Waals surface area (Å²) in [4.78, 5) is 0. The first-order valence-corrected chi connectivity index (χ1v) is 4.45. The molecule has 2 aliphatic heterocycles. The van der Waals surface area contributed by atoms with Gasteiger partial charge >= 0.3 is 0 Å². The van der Waals surface area contributed by atoms with Crippen LogP contribution in [0.2, 0.25) is 0 Å². The van der Waals surface area contributed by atoms with Gasteiger partial charge in [-0.1, -0.05) is 0 Å². The molecule has 2 saturated heterocycles. The van der Waals surface area contributed by atoms with Crippen LogP contribution in [0.5, 0.6) is 0 Å². The molecule has 0 aromatic carbocycles. The maximum absolute atomic E-state index is 9.51. The SMILES string of the molecule is CC1(C)O[C@H]2CC[C@@H]1C[C@@H]2O. The second-order valence-electron chi connectivity index (χ2n) is 4.34. The summed E-state index contributed by atoms with van der Waals surface area (Å²) in [7, 11) is 0. The molecule has 0 aromatic heterocycles. The molecule has 3 fully saturated rings. The molecule has 1 aliphatic carbocycles. The van der Waals surface area contributed by atoms with E-state index in [2.05, 4.69) is 13.8 Å². The molecule has 2 heteroatoms. The molecule has 2 bridgehead atoms. The van der Waals surface area contributed by atoms with E-state index < -0.39 is 0 Å². The van der Waals surface area contributed by atoms with E-state index in [0.29, 0.717) is 5.92 Å². The van der Waals surface area contributed by atoms with Gasteiger partial charge in [-0.25, -0.2) is 0 Å². The monoisotopic (exact) mass is 156 g/mol. The van der Waals surface area contributed by atoms with Gasteiger partial charge in [-0.2, -0.15) is 0 Å². The summed E-state index contributed by atoms with van der Waals surface area (Å²) in [5.74, 6) is 0.572. The summed E-state index contributed by atoms with van der Waals surface area (Å²) in [6.45, 7) is 4.27. The van der Waals surface area contributed by atoms with E-state index in [4.69, 9.17) is 4.74 Å². The molecule has 0 aromatic rings. The summed E-state index contributed by atoms with van der Waals surface area (Å²) in [5.41, 5.74) is 0.0160. The number of aliphatic hydroxyl groups is 1. The Balaban J connectivity index is 2.16. The fourth-order valence-electron chi connectivity index (χ4n) is 2.37. The van der Waals surface area contributed by atoms with E-state index in [-0.39, 0.29) is 17.8 Å². The minimum Gasteiger partial charge on any atom is -0.390 e. The van der Waals surface area contributed by atoms with Gasteiger partial charge in [-0.05, 0) is 39.0 Å². The molecular formula is C9H16O2. The van der Waals surface area contributed by atoms with Crippen LogP contribution in [0.3, 0.4) is 0 Å². The van der Waals surface area contributed by atoms with Crippen LogP contribution >= 0.6 is 0 Å². The lowest BCUT2D eigenvalue weighted by Crippen LogP contribution is -2.54. The molecule has 3 rings (SSSR count). The molecule has 3 aliphatic rings. The Labute approximate surface area is 67.6 Å². The zero-order chi connectivity index (χ0) is 8.06. The molecule has 1 saturated carbocycles. The second-order valence-corrected chi connectivity index (χ2v) is 4.34. The van der Waals surface area contributed by atoms with Crippen molar-refractivity contribution in [2.75, 3.05) is 0 Å². The van der Waals surface area contributed by atoms with Crippen LogP contribution in [-0.2, 0) is 4.74 Å². The number of fused-ring (bicyclic) bond motifs is 3. The van der Waals surface area contributed by atoms with Gasteiger partial charge in [0.1, 0.15) is 0 Å². The molecule has 1 N–H and O–H groups in total. The van der Waals surface area contributed by atoms with E-state index in [1.165, 1.54) is 6.42 Å². The molecule has 2 heterocycles. The third-order valence-corrected chi connectivity index (χ3v) is 3.19. The predicted molar refractivity (Wildman–Crippen MR) is 42.3 cm³/mol. The van der Waals surface area contributed by atoms with Gasteiger partial charge in [0, 0.05) is 0 Å². The van der Waals surface area contributed by atoms with Crippen molar-refractivity contribution in [1.29, 1.82) is 0 Å². The normalized spacial score (nSPS) is 47.7. The molecule has 2 nitrogen and oxygen atoms in total. The van der Waals surface area contributed by atoms with E-state index in [9.17, 15) is 5.11 Å². The number of ether oxygens (including phenoxy) is 1. The van der Waals surface area contributed by atoms with E-state index in [0.717, 1.165) is 12.8 Å². The van der Waals surface area contributed by atoms with Gasteiger partial charge in [-0.15, -0.1) is 0 Å². The highest BCUT2D eigenvalue weighted by Gasteiger charge is 2.46. The second kappa shape index (κ2) is 2.20. The minimum atomic E-state index is -0.193. The summed E-state index contributed by atoms with van der Waals surface area (Å²) in [6.07, 6.45) is 3.15. The summed E-state index contributed by atoms with van der Waals surface area (Å²) in [6, 6.07) is 0. The lowest BCUT2D eigenvalue weighted by Gasteiger charge is -2.50. The quantitative estimate of drug-likeness (QED) is 0.573. The van der Waals surface area contributed by atoms with Crippen molar-refractivity contribution in [3.05, 3.63) is 0 Å². The molecular weight excluding hydrogens is 140 g/mol. The molecule has 0 radical (unpaired) electrons. The third kappa shape index (κ3) is 1.09. The lowest BCUT2D eigenvalue weighted by atomic mass is 9.73. The number of aliphatic hydroxyl groups excluding tert-OH is 1. The molecule has 64 valence electrons. The first-order chi connectivity index (χ1) is 5.09. The Kier molecular flexibility index (Phi) is 1.52. The molecule has 11 heavy (non-hydrogen) atoms. The number of hydrogen-bond acceptors (Lipinski definition) is 2. The minimum absolute atomic E-state index is 0.0160. The lowest BCUT2D eigenvalue weighted by molar-refractivity contribution is -0.221. The van der Waals surface area contributed by atoms with Crippen LogP contribution in [0.15, 0.2) is 0 Å². The first kappa shape index (κ1) is 7.56. The summed E-state index contributed by atoms with van der Waals surface area (Å²) < 4.78 is 5.73. The molecule has 3 atom stereocenters. The summed E-state index contributed by atoms with van der Waals surface area (Å²) in [5, 5.41) is 9.51. The largest absolute Gasteiger partial charge is 0.390 e. The Morgan fingerprint density at radius 3 is 2.36 bits per heavy atom. The van der Waals surface area contributed by atoms with Crippen LogP contribution < -0.4 is 0 Å². The van der Waals surface area contributed by atoms with Gasteiger partial charge in [-0.3, -0.25) is 0 Å². The van der Waals surface area contributed by atoms with Crippen LogP contribution in [0.1, 0.15) is 33.1 Å². The van der Waals surface area contributed by atoms with Gasteiger partial charge < -0.3 is 9.84 Å². The van der Waals surface area contributed by atoms with E-state index >= 15 is 0 Å². The standard InChI is InChI=1S/C9H16O2/c1-9(2)6-3-4-8(11-9)7(10)5-6/h6-8,10H,3-5H2,1-2H3/t6-,7+,8+/m1/s1. The Bertz CT molecular complexity index is 165. The van der Waals surface area contributed by atoms with Gasteiger partial charge in [0.25, 0.3) is 0 Å². The zero-order valence-electron chi connectivity index (χ0n) is 7.21. The van der Waals surface area contributed by atoms with Crippen molar-refractivity contribution >= 4 is 0 Å². The molecule has 0 amide bonds. The Hall–Kier alpha value is -0.0800. The van der Waals surface area contributed by atoms with Crippen molar-refractivity contribution in [1.82, 2.24) is 0 Å². The van der Waals surface area contributed by atoms with Gasteiger partial charge in [0.05, 0.1) is 17.8 Å². The first-order valence-electron chi connectivity index (χ1n) is 4.45. The predicted octanol–water partition coefficient (Wildman–Crippen LogP) is 1.32. The zero-order valence-corrected chi connectivity index (χ0v) is 7.21. The average molecular weight is 156 g/mol. The van der Waals surface area contributed by atoms with Crippen molar-refractivity contribution in [3.8, 4) is 0 Å². The highest BCUT2D eigenvalue weighted by Crippen LogP contribution is 2.43. The van der Waals surface area contributed by atoms with Gasteiger partial charge in [0.15, 0.2) is 0 Å². The van der Waals surface area contributed by atoms with Crippen LogP contribution in [0.4, 0.5) is 0 Å². The van der Waals surface area contributed by atoms with Crippen LogP contribution in [-0.4, -0.2) is 22.9 Å². The van der Waals surface area contributed by atoms with E-state index in [1.54, 1.807) is 0 Å². The smallest absolute Gasteiger partial charge is 0.0841 e. The van der Waals surface area contributed by atoms with Crippen LogP contribution in [0.25, 0.3) is 0 Å². The highest BCUT2D eigenvalue weighted by molar-refractivity contribution is 4.95. The maximum Gasteiger partial charge on any atom is 0.0841 e. The summed E-state index contributed by atoms with van der Waals surface area (Å²) >= 11 is 0. The number of rotatable bonds is 0. The van der Waals surface area contributed by atoms with Crippen molar-refractivity contribution in [2.45, 2.75) is 50.9 Å². The molecule has 0 unspecified atom stereocenters. The van der Waals surface area contributed by atoms with Crippen molar-refractivity contribution < 1.29 is 9.84 Å². The van der Waals surface area contributed by atoms with Crippen molar-refractivity contribution in [3.63, 3.8) is 0 Å². The molecule has 0 spiro atoms. The van der Waals surface area contributed by atoms with Crippen LogP contribution in [0, 0.1) is 5.92 Å². The average Bonchev–Trinajstić information content (AvgIpc) is 1.90. The fourth-order valence-corrected chi connectivity index (χ4v) is 2.37. The third-order valence-electron chi connectivity index (χ3n) is 3.19. The fraction of sp³-hybridized carbons (Fsp3) is 1.00. The van der Waals surface area contributed by atoms with Gasteiger partial charge in [0.2, 0.25) is 0 Å².